The summed E-state index contributed by atoms with van der Waals surface area (Å²) >= 11 is 0. The third kappa shape index (κ3) is 8.80. The van der Waals surface area contributed by atoms with E-state index in [2.05, 4.69) is 22.3 Å². The van der Waals surface area contributed by atoms with Gasteiger partial charge in [0.1, 0.15) is 0 Å². The van der Waals surface area contributed by atoms with Crippen LogP contribution in [-0.2, 0) is 13.3 Å². The van der Waals surface area contributed by atoms with E-state index in [4.69, 9.17) is 19.0 Å². The number of nitrogens with one attached hydrogen (secondary N) is 1. The van der Waals surface area contributed by atoms with Gasteiger partial charge in [-0.05, 0) is 45.9 Å². The molecule has 0 radical (unpaired) electrons. The fourth-order valence-electron chi connectivity index (χ4n) is 2.73. The molecule has 3 N–H and O–H groups in total. The highest BCUT2D eigenvalue weighted by Gasteiger charge is 2.39. The second-order valence-electron chi connectivity index (χ2n) is 5.69. The number of hydrogen-bond donors (Lipinski definition) is 2. The monoisotopic (exact) mass is 369 g/mol. The maximum Gasteiger partial charge on any atom is 0.500 e. The Labute approximate surface area is 154 Å². The maximum absolute atomic E-state index is 5.92. The van der Waals surface area contributed by atoms with Gasteiger partial charge in [0, 0.05) is 44.6 Å². The average Bonchev–Trinajstić information content (AvgIpc) is 2.61. The Morgan fingerprint density at radius 1 is 0.960 bits per heavy atom. The van der Waals surface area contributed by atoms with E-state index in [1.165, 1.54) is 0 Å². The average molecular weight is 370 g/mol. The molecular weight excluding hydrogens is 334 g/mol. The summed E-state index contributed by atoms with van der Waals surface area (Å²) in [5.41, 5.74) is 6.88. The third-order valence-electron chi connectivity index (χ3n) is 3.78. The van der Waals surface area contributed by atoms with Crippen LogP contribution in [0, 0.1) is 0 Å². The maximum atomic E-state index is 5.92. The summed E-state index contributed by atoms with van der Waals surface area (Å²) in [4.78, 5) is 2.32. The van der Waals surface area contributed by atoms with Crippen molar-refractivity contribution in [1.29, 1.82) is 0 Å². The van der Waals surface area contributed by atoms with Crippen LogP contribution in [0.25, 0.3) is 0 Å². The zero-order valence-corrected chi connectivity index (χ0v) is 17.0. The molecule has 0 amide bonds. The topological polar surface area (TPSA) is 69.0 Å². The number of rotatable bonds is 15. The van der Waals surface area contributed by atoms with Crippen LogP contribution < -0.4 is 11.1 Å². The van der Waals surface area contributed by atoms with Crippen LogP contribution in [0.1, 0.15) is 27.2 Å². The van der Waals surface area contributed by atoms with Crippen LogP contribution in [0.2, 0.25) is 6.04 Å². The van der Waals surface area contributed by atoms with Gasteiger partial charge in [0.25, 0.3) is 0 Å². The summed E-state index contributed by atoms with van der Waals surface area (Å²) in [5, 5.41) is 3.44. The van der Waals surface area contributed by atoms with E-state index in [1.807, 2.05) is 39.0 Å². The molecule has 6 nitrogen and oxygen atoms in total. The predicted molar refractivity (Wildman–Crippen MR) is 106 cm³/mol. The Morgan fingerprint density at radius 3 is 2.08 bits per heavy atom. The summed E-state index contributed by atoms with van der Waals surface area (Å²) in [7, 11) is -2.55. The molecule has 0 atom stereocenters. The Balaban J connectivity index is 2.50. The van der Waals surface area contributed by atoms with Gasteiger partial charge in [0.15, 0.2) is 0 Å². The molecular formula is C18H35N3O3Si. The molecule has 0 bridgehead atoms. The predicted octanol–water partition coefficient (Wildman–Crippen LogP) is 2.76. The van der Waals surface area contributed by atoms with Crippen molar-refractivity contribution in [2.45, 2.75) is 33.2 Å². The lowest BCUT2D eigenvalue weighted by molar-refractivity contribution is 0.0700. The molecule has 0 fully saturated rings. The van der Waals surface area contributed by atoms with E-state index in [0.29, 0.717) is 26.4 Å². The standard InChI is InChI=1S/C18H35N3O3Si/c1-4-22-25(23-5-2,24-6-3)16-10-14-21(15-13-19)17-20-18-11-8-7-9-12-18/h7-9,11-12,20H,4-6,10,13-17,19H2,1-3H3. The summed E-state index contributed by atoms with van der Waals surface area (Å²) < 4.78 is 17.8. The van der Waals surface area contributed by atoms with Gasteiger partial charge in [0.05, 0.1) is 6.67 Å². The lowest BCUT2D eigenvalue weighted by Crippen LogP contribution is -2.46. The van der Waals surface area contributed by atoms with E-state index < -0.39 is 8.80 Å². The van der Waals surface area contributed by atoms with E-state index in [9.17, 15) is 0 Å². The molecule has 0 saturated carbocycles. The van der Waals surface area contributed by atoms with E-state index in [0.717, 1.165) is 37.9 Å². The molecule has 144 valence electrons. The van der Waals surface area contributed by atoms with Gasteiger partial charge >= 0.3 is 8.80 Å². The fraction of sp³-hybridized carbons (Fsp3) is 0.667. The molecule has 25 heavy (non-hydrogen) atoms. The van der Waals surface area contributed by atoms with Crippen LogP contribution in [0.3, 0.4) is 0 Å². The third-order valence-corrected chi connectivity index (χ3v) is 6.93. The van der Waals surface area contributed by atoms with Crippen molar-refractivity contribution < 1.29 is 13.3 Å². The van der Waals surface area contributed by atoms with Crippen LogP contribution in [-0.4, -0.2) is 59.8 Å². The van der Waals surface area contributed by atoms with Crippen molar-refractivity contribution >= 4 is 14.5 Å². The van der Waals surface area contributed by atoms with Gasteiger partial charge in [-0.25, -0.2) is 0 Å². The number of nitrogens with zero attached hydrogens (tertiary/aromatic N) is 1. The minimum absolute atomic E-state index is 0.619. The van der Waals surface area contributed by atoms with Gasteiger partial charge in [-0.1, -0.05) is 18.2 Å². The number of nitrogens with two attached hydrogens (primary N) is 1. The first kappa shape index (κ1) is 22.1. The molecule has 1 aromatic carbocycles. The highest BCUT2D eigenvalue weighted by molar-refractivity contribution is 6.60. The molecule has 0 saturated heterocycles. The molecule has 0 spiro atoms. The van der Waals surface area contributed by atoms with Crippen molar-refractivity contribution in [3.05, 3.63) is 30.3 Å². The number of hydrogen-bond acceptors (Lipinski definition) is 6. The number of anilines is 1. The van der Waals surface area contributed by atoms with Crippen molar-refractivity contribution in [2.24, 2.45) is 5.73 Å². The summed E-state index contributed by atoms with van der Waals surface area (Å²) in [6.07, 6.45) is 0.961. The minimum Gasteiger partial charge on any atom is -0.374 e. The second-order valence-corrected chi connectivity index (χ2v) is 8.43. The van der Waals surface area contributed by atoms with Gasteiger partial charge in [-0.2, -0.15) is 0 Å². The lowest BCUT2D eigenvalue weighted by Gasteiger charge is -2.29. The quantitative estimate of drug-likeness (QED) is 0.366. The molecule has 0 aliphatic rings. The van der Waals surface area contributed by atoms with E-state index in [1.54, 1.807) is 0 Å². The van der Waals surface area contributed by atoms with Crippen molar-refractivity contribution in [1.82, 2.24) is 4.90 Å². The van der Waals surface area contributed by atoms with Gasteiger partial charge in [0.2, 0.25) is 0 Å². The zero-order chi connectivity index (χ0) is 18.4. The van der Waals surface area contributed by atoms with E-state index >= 15 is 0 Å². The molecule has 0 aliphatic carbocycles. The molecule has 1 rings (SSSR count). The van der Waals surface area contributed by atoms with Crippen LogP contribution in [0.15, 0.2) is 30.3 Å². The van der Waals surface area contributed by atoms with Gasteiger partial charge in [-0.15, -0.1) is 0 Å². The van der Waals surface area contributed by atoms with E-state index in [-0.39, 0.29) is 0 Å². The lowest BCUT2D eigenvalue weighted by atomic mass is 10.3. The molecule has 0 unspecified atom stereocenters. The van der Waals surface area contributed by atoms with Crippen LogP contribution >= 0.6 is 0 Å². The highest BCUT2D eigenvalue weighted by Crippen LogP contribution is 2.18. The highest BCUT2D eigenvalue weighted by atomic mass is 28.4. The Bertz CT molecular complexity index is 420. The first-order valence-electron chi connectivity index (χ1n) is 9.32. The Kier molecular flexibility index (Phi) is 11.7. The summed E-state index contributed by atoms with van der Waals surface area (Å²) in [6, 6.07) is 11.0. The number of benzene rings is 1. The van der Waals surface area contributed by atoms with Gasteiger partial charge in [-0.3, -0.25) is 4.90 Å². The Hall–Kier alpha value is -0.963. The fourth-order valence-corrected chi connectivity index (χ4v) is 5.33. The summed E-state index contributed by atoms with van der Waals surface area (Å²) in [6.45, 7) is 11.0. The second kappa shape index (κ2) is 13.3. The zero-order valence-electron chi connectivity index (χ0n) is 16.0. The minimum atomic E-state index is -2.55. The first-order chi connectivity index (χ1) is 12.2. The van der Waals surface area contributed by atoms with Crippen LogP contribution in [0.4, 0.5) is 5.69 Å². The molecule has 0 heterocycles. The van der Waals surface area contributed by atoms with Gasteiger partial charge < -0.3 is 24.3 Å². The largest absolute Gasteiger partial charge is 0.500 e. The number of para-hydroxylation sites is 1. The van der Waals surface area contributed by atoms with Crippen molar-refractivity contribution in [2.75, 3.05) is 51.4 Å². The normalized spacial score (nSPS) is 11.9. The van der Waals surface area contributed by atoms with Crippen LogP contribution in [0.5, 0.6) is 0 Å². The Morgan fingerprint density at radius 2 is 1.56 bits per heavy atom. The molecule has 1 aromatic rings. The smallest absolute Gasteiger partial charge is 0.374 e. The molecule has 0 aromatic heterocycles. The molecule has 7 heteroatoms. The SMILES string of the molecule is CCO[Si](CCCN(CCN)CNc1ccccc1)(OCC)OCC. The van der Waals surface area contributed by atoms with Crippen molar-refractivity contribution in [3.63, 3.8) is 0 Å². The summed E-state index contributed by atoms with van der Waals surface area (Å²) in [5.74, 6) is 0. The molecule has 0 aliphatic heterocycles. The van der Waals surface area contributed by atoms with Crippen molar-refractivity contribution in [3.8, 4) is 0 Å². The first-order valence-corrected chi connectivity index (χ1v) is 11.3.